The Morgan fingerprint density at radius 1 is 1.11 bits per heavy atom. The SMILES string of the molecule is CCOC(=O)c1c(NC(=O)COC(=O)c2cc3c(s2)CCC3)sc(C)c1CC. The average molecular weight is 422 g/mol. The molecule has 0 radical (unpaired) electrons. The normalized spacial score (nSPS) is 12.5. The van der Waals surface area contributed by atoms with Crippen LogP contribution < -0.4 is 5.32 Å². The summed E-state index contributed by atoms with van der Waals surface area (Å²) >= 11 is 2.76. The molecule has 150 valence electrons. The highest BCUT2D eigenvalue weighted by Gasteiger charge is 2.24. The number of hydrogen-bond acceptors (Lipinski definition) is 7. The third kappa shape index (κ3) is 4.28. The van der Waals surface area contributed by atoms with Crippen molar-refractivity contribution in [2.75, 3.05) is 18.5 Å². The topological polar surface area (TPSA) is 81.7 Å². The van der Waals surface area contributed by atoms with Crippen LogP contribution in [-0.4, -0.2) is 31.1 Å². The Kier molecular flexibility index (Phi) is 6.51. The first kappa shape index (κ1) is 20.5. The average Bonchev–Trinajstić information content (AvgIpc) is 3.32. The molecule has 2 heterocycles. The zero-order valence-electron chi connectivity index (χ0n) is 16.2. The third-order valence-corrected chi connectivity index (χ3v) is 6.86. The van der Waals surface area contributed by atoms with Gasteiger partial charge in [-0.1, -0.05) is 6.92 Å². The molecular formula is C20H23NO5S2. The van der Waals surface area contributed by atoms with Gasteiger partial charge < -0.3 is 14.8 Å². The lowest BCUT2D eigenvalue weighted by molar-refractivity contribution is -0.119. The number of anilines is 1. The molecule has 0 atom stereocenters. The van der Waals surface area contributed by atoms with Gasteiger partial charge in [0.05, 0.1) is 12.2 Å². The lowest BCUT2D eigenvalue weighted by Crippen LogP contribution is -2.21. The van der Waals surface area contributed by atoms with Crippen LogP contribution in [-0.2, 0) is 33.5 Å². The van der Waals surface area contributed by atoms with E-state index in [0.717, 1.165) is 29.7 Å². The quantitative estimate of drug-likeness (QED) is 0.680. The predicted molar refractivity (Wildman–Crippen MR) is 110 cm³/mol. The summed E-state index contributed by atoms with van der Waals surface area (Å²) in [6.07, 6.45) is 3.78. The zero-order chi connectivity index (χ0) is 20.3. The molecule has 2 aromatic rings. The molecule has 3 rings (SSSR count). The molecule has 1 aliphatic carbocycles. The molecule has 0 spiro atoms. The molecule has 0 saturated heterocycles. The first-order chi connectivity index (χ1) is 13.4. The van der Waals surface area contributed by atoms with Crippen molar-refractivity contribution in [2.45, 2.75) is 46.5 Å². The van der Waals surface area contributed by atoms with Crippen LogP contribution in [0.25, 0.3) is 0 Å². The Bertz CT molecular complexity index is 891. The Labute approximate surface area is 171 Å². The first-order valence-corrected chi connectivity index (χ1v) is 11.0. The van der Waals surface area contributed by atoms with Crippen molar-refractivity contribution < 1.29 is 23.9 Å². The number of carbonyl (C=O) groups excluding carboxylic acids is 3. The summed E-state index contributed by atoms with van der Waals surface area (Å²) in [7, 11) is 0. The van der Waals surface area contributed by atoms with Gasteiger partial charge >= 0.3 is 11.9 Å². The number of thiophene rings is 2. The smallest absolute Gasteiger partial charge is 0.348 e. The highest BCUT2D eigenvalue weighted by molar-refractivity contribution is 7.16. The fraction of sp³-hybridized carbons (Fsp3) is 0.450. The summed E-state index contributed by atoms with van der Waals surface area (Å²) in [4.78, 5) is 39.5. The molecule has 1 N–H and O–H groups in total. The molecule has 0 saturated carbocycles. The summed E-state index contributed by atoms with van der Waals surface area (Å²) in [5, 5.41) is 3.13. The van der Waals surface area contributed by atoms with Crippen LogP contribution in [0, 0.1) is 6.92 Å². The molecule has 0 aliphatic heterocycles. The second-order valence-electron chi connectivity index (χ2n) is 6.45. The summed E-state index contributed by atoms with van der Waals surface area (Å²) in [6, 6.07) is 1.86. The van der Waals surface area contributed by atoms with Gasteiger partial charge in [-0.15, -0.1) is 22.7 Å². The van der Waals surface area contributed by atoms with Crippen molar-refractivity contribution >= 4 is 45.5 Å². The van der Waals surface area contributed by atoms with Gasteiger partial charge in [-0.3, -0.25) is 4.79 Å². The van der Waals surface area contributed by atoms with Crippen molar-refractivity contribution in [2.24, 2.45) is 0 Å². The van der Waals surface area contributed by atoms with Gasteiger partial charge in [0.25, 0.3) is 5.91 Å². The van der Waals surface area contributed by atoms with Gasteiger partial charge in [0.2, 0.25) is 0 Å². The number of aryl methyl sites for hydroxylation is 3. The van der Waals surface area contributed by atoms with Crippen molar-refractivity contribution in [1.82, 2.24) is 0 Å². The molecule has 8 heteroatoms. The number of fused-ring (bicyclic) bond motifs is 1. The van der Waals surface area contributed by atoms with E-state index in [4.69, 9.17) is 9.47 Å². The lowest BCUT2D eigenvalue weighted by atomic mass is 10.1. The number of amides is 1. The van der Waals surface area contributed by atoms with E-state index in [-0.39, 0.29) is 6.61 Å². The first-order valence-electron chi connectivity index (χ1n) is 9.32. The van der Waals surface area contributed by atoms with Crippen molar-refractivity contribution in [3.8, 4) is 0 Å². The predicted octanol–water partition coefficient (Wildman–Crippen LogP) is 4.14. The lowest BCUT2D eigenvalue weighted by Gasteiger charge is -2.08. The number of nitrogens with one attached hydrogen (secondary N) is 1. The number of ether oxygens (including phenoxy) is 2. The second-order valence-corrected chi connectivity index (χ2v) is 8.81. The molecule has 0 unspecified atom stereocenters. The molecule has 0 aromatic carbocycles. The second kappa shape index (κ2) is 8.87. The zero-order valence-corrected chi connectivity index (χ0v) is 17.8. The monoisotopic (exact) mass is 421 g/mol. The molecule has 0 bridgehead atoms. The van der Waals surface area contributed by atoms with Crippen LogP contribution in [0.3, 0.4) is 0 Å². The summed E-state index contributed by atoms with van der Waals surface area (Å²) in [5.41, 5.74) is 2.46. The van der Waals surface area contributed by atoms with Crippen LogP contribution in [0.4, 0.5) is 5.00 Å². The van der Waals surface area contributed by atoms with Crippen LogP contribution in [0.15, 0.2) is 6.07 Å². The van der Waals surface area contributed by atoms with E-state index in [2.05, 4.69) is 5.32 Å². The van der Waals surface area contributed by atoms with E-state index < -0.39 is 24.5 Å². The van der Waals surface area contributed by atoms with Gasteiger partial charge in [-0.2, -0.15) is 0 Å². The van der Waals surface area contributed by atoms with Crippen molar-refractivity contribution in [1.29, 1.82) is 0 Å². The molecule has 1 aliphatic rings. The van der Waals surface area contributed by atoms with E-state index in [9.17, 15) is 14.4 Å². The fourth-order valence-corrected chi connectivity index (χ4v) is 5.60. The third-order valence-electron chi connectivity index (χ3n) is 4.58. The number of hydrogen-bond donors (Lipinski definition) is 1. The Balaban J connectivity index is 1.64. The van der Waals surface area contributed by atoms with Crippen LogP contribution in [0.1, 0.15) is 61.2 Å². The van der Waals surface area contributed by atoms with Crippen molar-refractivity contribution in [3.05, 3.63) is 37.4 Å². The van der Waals surface area contributed by atoms with Crippen LogP contribution in [0.5, 0.6) is 0 Å². The number of carbonyl (C=O) groups is 3. The number of rotatable bonds is 7. The summed E-state index contributed by atoms with van der Waals surface area (Å²) in [6.45, 7) is 5.44. The highest BCUT2D eigenvalue weighted by Crippen LogP contribution is 2.34. The highest BCUT2D eigenvalue weighted by atomic mass is 32.1. The molecule has 2 aromatic heterocycles. The minimum atomic E-state index is -0.489. The minimum absolute atomic E-state index is 0.257. The van der Waals surface area contributed by atoms with E-state index in [1.807, 2.05) is 19.9 Å². The van der Waals surface area contributed by atoms with E-state index >= 15 is 0 Å². The van der Waals surface area contributed by atoms with E-state index in [1.54, 1.807) is 6.92 Å². The summed E-state index contributed by atoms with van der Waals surface area (Å²) in [5.74, 6) is -1.42. The Morgan fingerprint density at radius 3 is 2.57 bits per heavy atom. The largest absolute Gasteiger partial charge is 0.462 e. The Hall–Kier alpha value is -2.19. The number of esters is 2. The van der Waals surface area contributed by atoms with Gasteiger partial charge in [0.15, 0.2) is 6.61 Å². The molecule has 6 nitrogen and oxygen atoms in total. The molecule has 0 fully saturated rings. The summed E-state index contributed by atoms with van der Waals surface area (Å²) < 4.78 is 10.3. The van der Waals surface area contributed by atoms with Gasteiger partial charge in [-0.25, -0.2) is 9.59 Å². The minimum Gasteiger partial charge on any atom is -0.462 e. The molecular weight excluding hydrogens is 398 g/mol. The van der Waals surface area contributed by atoms with Crippen LogP contribution in [0.2, 0.25) is 0 Å². The molecule has 1 amide bonds. The van der Waals surface area contributed by atoms with Gasteiger partial charge in [0.1, 0.15) is 9.88 Å². The fourth-order valence-electron chi connectivity index (χ4n) is 3.31. The maximum absolute atomic E-state index is 12.3. The maximum atomic E-state index is 12.3. The van der Waals surface area contributed by atoms with Gasteiger partial charge in [0, 0.05) is 9.75 Å². The van der Waals surface area contributed by atoms with Crippen LogP contribution >= 0.6 is 22.7 Å². The van der Waals surface area contributed by atoms with E-state index in [0.29, 0.717) is 21.9 Å². The Morgan fingerprint density at radius 2 is 1.89 bits per heavy atom. The maximum Gasteiger partial charge on any atom is 0.348 e. The van der Waals surface area contributed by atoms with Crippen molar-refractivity contribution in [3.63, 3.8) is 0 Å². The molecule has 28 heavy (non-hydrogen) atoms. The van der Waals surface area contributed by atoms with E-state index in [1.165, 1.54) is 33.1 Å². The van der Waals surface area contributed by atoms with Gasteiger partial charge in [-0.05, 0) is 56.7 Å². The standard InChI is InChI=1S/C20H23NO5S2/c1-4-13-11(3)27-18(17(13)20(24)25-5-2)21-16(22)10-26-19(23)15-9-12-7-6-8-14(12)28-15/h9H,4-8,10H2,1-3H3,(H,21,22).